The average molecular weight is 213 g/mol. The molecule has 0 bridgehead atoms. The topological polar surface area (TPSA) is 58.0 Å². The first kappa shape index (κ1) is 9.83. The summed E-state index contributed by atoms with van der Waals surface area (Å²) in [6.07, 6.45) is 0. The molecule has 0 atom stereocenters. The second-order valence-electron chi connectivity index (χ2n) is 0.235. The largest absolute Gasteiger partial charge is 1.00 e. The molecule has 5 heavy (non-hydrogen) atoms. The van der Waals surface area contributed by atoms with E-state index in [-0.39, 0.29) is 70.3 Å². The fraction of sp³-hybridized carbons (Fsp3) is 0. The van der Waals surface area contributed by atoms with E-state index in [0.29, 0.717) is 0 Å². The van der Waals surface area contributed by atoms with Gasteiger partial charge < -0.3 is 1.43 Å². The Labute approximate surface area is 91.5 Å². The Hall–Kier alpha value is 1.67. The van der Waals surface area contributed by atoms with Crippen LogP contribution in [0.15, 0.2) is 0 Å². The van der Waals surface area contributed by atoms with Gasteiger partial charge in [0.2, 0.25) is 0 Å². The van der Waals surface area contributed by atoms with Crippen LogP contribution >= 0.6 is 0 Å². The van der Waals surface area contributed by atoms with Crippen molar-refractivity contribution in [2.24, 2.45) is 0 Å². The summed E-state index contributed by atoms with van der Waals surface area (Å²) < 4.78 is 22.8. The molecule has 0 aliphatic heterocycles. The summed E-state index contributed by atoms with van der Waals surface area (Å²) in [6.45, 7) is 0. The van der Waals surface area contributed by atoms with Crippen molar-refractivity contribution in [1.82, 2.24) is 0 Å². The molecular formula is H2CsNO2S. The van der Waals surface area contributed by atoms with Gasteiger partial charge in [-0.15, -0.1) is 0 Å². The molecule has 0 aliphatic rings. The molecule has 26 valence electrons. The minimum atomic E-state index is -2.61. The van der Waals surface area contributed by atoms with Crippen molar-refractivity contribution in [3.8, 4) is 0 Å². The van der Waals surface area contributed by atoms with Crippen molar-refractivity contribution in [2.45, 2.75) is 0 Å². The molecule has 0 aliphatic carbocycles. The smallest absolute Gasteiger partial charge is 1.00 e. The van der Waals surface area contributed by atoms with Crippen molar-refractivity contribution in [3.63, 3.8) is 0 Å². The quantitative estimate of drug-likeness (QED) is 0.459. The minimum Gasteiger partial charge on any atom is -1.00 e. The van der Waals surface area contributed by atoms with Gasteiger partial charge in [-0.3, -0.25) is 0 Å². The molecule has 0 saturated heterocycles. The van der Waals surface area contributed by atoms with E-state index in [1.54, 1.807) is 0 Å². The van der Waals surface area contributed by atoms with Gasteiger partial charge >= 0.3 is 79.4 Å². The molecule has 0 rings (SSSR count). The van der Waals surface area contributed by atoms with Crippen LogP contribution in [0.5, 0.6) is 0 Å². The van der Waals surface area contributed by atoms with Crippen molar-refractivity contribution in [3.05, 3.63) is 0 Å². The van der Waals surface area contributed by atoms with Gasteiger partial charge in [0, 0.05) is 0 Å². The van der Waals surface area contributed by atoms with Crippen LogP contribution in [0.25, 0.3) is 0 Å². The molecule has 0 spiro atoms. The molecule has 5 heteroatoms. The summed E-state index contributed by atoms with van der Waals surface area (Å²) in [7, 11) is -2.61. The van der Waals surface area contributed by atoms with Gasteiger partial charge in [-0.2, -0.15) is 13.2 Å². The molecule has 0 saturated carbocycles. The van der Waals surface area contributed by atoms with E-state index < -0.39 is 10.5 Å². The molecule has 0 aromatic rings. The molecule has 1 N–H and O–H groups in total. The summed E-state index contributed by atoms with van der Waals surface area (Å²) >= 11 is 0. The molecule has 0 aromatic carbocycles. The van der Waals surface area contributed by atoms with Crippen LogP contribution in [-0.2, 0) is 10.5 Å². The first-order valence-electron chi connectivity index (χ1n) is 0.537. The van der Waals surface area contributed by atoms with Crippen LogP contribution < -0.4 is 68.9 Å². The normalized spacial score (nSPS) is 4.80. The second kappa shape index (κ2) is 5.67. The second-order valence-corrected chi connectivity index (χ2v) is 0.704. The number of rotatable bonds is 0. The molecular weight excluding hydrogens is 211 g/mol. The summed E-state index contributed by atoms with van der Waals surface area (Å²) in [5.74, 6) is 0. The van der Waals surface area contributed by atoms with Gasteiger partial charge in [-0.25, -0.2) is 0 Å². The minimum absolute atomic E-state index is 0. The Morgan fingerprint density at radius 2 is 1.60 bits per heavy atom. The van der Waals surface area contributed by atoms with E-state index in [0.717, 1.165) is 0 Å². The predicted octanol–water partition coefficient (Wildman–Crippen LogP) is -3.26. The van der Waals surface area contributed by atoms with Crippen molar-refractivity contribution < 1.29 is 78.7 Å². The van der Waals surface area contributed by atoms with E-state index in [1.165, 1.54) is 0 Å². The summed E-state index contributed by atoms with van der Waals surface area (Å²) in [5, 5.41) is 0. The molecule has 0 amide bonds. The Balaban J connectivity index is -0.0000000450. The third-order valence-corrected chi connectivity index (χ3v) is 0. The molecule has 0 heterocycles. The van der Waals surface area contributed by atoms with E-state index in [2.05, 4.69) is 0 Å². The Morgan fingerprint density at radius 3 is 1.60 bits per heavy atom. The van der Waals surface area contributed by atoms with E-state index in [1.807, 2.05) is 0 Å². The SMILES string of the molecule is N=S(=O)=O.[Cs+].[H-]. The van der Waals surface area contributed by atoms with Crippen molar-refractivity contribution in [1.29, 1.82) is 4.78 Å². The Bertz CT molecular complexity index is 82.9. The van der Waals surface area contributed by atoms with E-state index >= 15 is 0 Å². The van der Waals surface area contributed by atoms with Crippen molar-refractivity contribution >= 4 is 10.5 Å². The van der Waals surface area contributed by atoms with Crippen molar-refractivity contribution in [2.75, 3.05) is 0 Å². The monoisotopic (exact) mass is 213 g/mol. The third-order valence-electron chi connectivity index (χ3n) is 0. The molecule has 0 radical (unpaired) electrons. The number of hydrogen-bond donors (Lipinski definition) is 1. The van der Waals surface area contributed by atoms with Crippen LogP contribution in [0.3, 0.4) is 0 Å². The zero-order valence-corrected chi connectivity index (χ0v) is 9.82. The predicted molar refractivity (Wildman–Crippen MR) is 12.8 cm³/mol. The summed E-state index contributed by atoms with van der Waals surface area (Å²) in [4.78, 5) is 0. The van der Waals surface area contributed by atoms with Crippen LogP contribution in [0.2, 0.25) is 0 Å². The van der Waals surface area contributed by atoms with Crippen LogP contribution in [0, 0.1) is 4.78 Å². The van der Waals surface area contributed by atoms with Crippen LogP contribution in [0.4, 0.5) is 0 Å². The molecule has 0 fully saturated rings. The average Bonchev–Trinajstić information content (AvgIpc) is 0.811. The Morgan fingerprint density at radius 1 is 1.60 bits per heavy atom. The zero-order valence-electron chi connectivity index (χ0n) is 3.72. The standard InChI is InChI=1S/Cs.HNO2S.H/c;1-4(2)3;/h;1H;/q+1;;-1. The van der Waals surface area contributed by atoms with Gasteiger partial charge in [-0.05, 0) is 0 Å². The maximum atomic E-state index is 8.67. The van der Waals surface area contributed by atoms with Gasteiger partial charge in [0.1, 0.15) is 0 Å². The van der Waals surface area contributed by atoms with Gasteiger partial charge in [0.15, 0.2) is 0 Å². The van der Waals surface area contributed by atoms with Gasteiger partial charge in [0.05, 0.1) is 0 Å². The van der Waals surface area contributed by atoms with E-state index in [9.17, 15) is 0 Å². The summed E-state index contributed by atoms with van der Waals surface area (Å²) in [6, 6.07) is 0. The van der Waals surface area contributed by atoms with Gasteiger partial charge in [-0.1, -0.05) is 0 Å². The van der Waals surface area contributed by atoms with E-state index in [4.69, 9.17) is 13.2 Å². The maximum Gasteiger partial charge on any atom is 1.00 e. The fourth-order valence-corrected chi connectivity index (χ4v) is 0. The third kappa shape index (κ3) is 27.4. The zero-order chi connectivity index (χ0) is 3.58. The van der Waals surface area contributed by atoms with Crippen LogP contribution in [0.1, 0.15) is 1.43 Å². The number of nitrogens with one attached hydrogen (secondary N) is 1. The number of hydrogen-bond acceptors (Lipinski definition) is 3. The summed E-state index contributed by atoms with van der Waals surface area (Å²) in [5.41, 5.74) is 0. The molecule has 0 aromatic heterocycles. The fourth-order valence-electron chi connectivity index (χ4n) is 0. The first-order valence-corrected chi connectivity index (χ1v) is 1.61. The van der Waals surface area contributed by atoms with Gasteiger partial charge in [0.25, 0.3) is 0 Å². The molecule has 3 nitrogen and oxygen atoms in total. The molecule has 0 unspecified atom stereocenters. The van der Waals surface area contributed by atoms with Crippen LogP contribution in [-0.4, -0.2) is 8.42 Å². The first-order chi connectivity index (χ1) is 1.73. The Kier molecular flexibility index (Phi) is 11.2. The maximum absolute atomic E-state index is 8.67.